The number of nitrogens with zero attached hydrogens (tertiary/aromatic N) is 2. The highest BCUT2D eigenvalue weighted by Crippen LogP contribution is 2.44. The molecular formula is C23H27ClN2O2S. The molecule has 3 heterocycles. The Kier molecular flexibility index (Phi) is 5.26. The molecule has 0 radical (unpaired) electrons. The fraction of sp³-hybridized carbons (Fsp3) is 0.435. The molecule has 4 nitrogen and oxygen atoms in total. The van der Waals surface area contributed by atoms with Crippen molar-refractivity contribution in [2.24, 2.45) is 0 Å². The first kappa shape index (κ1) is 20.5. The van der Waals surface area contributed by atoms with Crippen LogP contribution in [0.1, 0.15) is 52.1 Å². The molecule has 0 amide bonds. The number of para-hydroxylation sites is 2. The van der Waals surface area contributed by atoms with Crippen molar-refractivity contribution < 1.29 is 9.47 Å². The minimum atomic E-state index is -0.188. The van der Waals surface area contributed by atoms with E-state index in [1.807, 2.05) is 35.0 Å². The van der Waals surface area contributed by atoms with Crippen molar-refractivity contribution in [3.05, 3.63) is 51.8 Å². The van der Waals surface area contributed by atoms with Crippen LogP contribution in [0, 0.1) is 0 Å². The summed E-state index contributed by atoms with van der Waals surface area (Å²) in [6, 6.07) is 12.2. The minimum absolute atomic E-state index is 0.188. The van der Waals surface area contributed by atoms with Gasteiger partial charge in [0, 0.05) is 16.9 Å². The topological polar surface area (TPSA) is 36.3 Å². The van der Waals surface area contributed by atoms with E-state index in [9.17, 15) is 0 Å². The number of halogens is 1. The average molecular weight is 431 g/mol. The van der Waals surface area contributed by atoms with Gasteiger partial charge in [-0.15, -0.1) is 11.3 Å². The lowest BCUT2D eigenvalue weighted by atomic mass is 9.79. The van der Waals surface area contributed by atoms with Crippen LogP contribution in [0.3, 0.4) is 0 Å². The lowest BCUT2D eigenvalue weighted by Crippen LogP contribution is -2.44. The van der Waals surface area contributed by atoms with Crippen molar-refractivity contribution >= 4 is 22.9 Å². The summed E-state index contributed by atoms with van der Waals surface area (Å²) in [4.78, 5) is 0. The molecule has 0 aliphatic carbocycles. The molecule has 0 atom stereocenters. The van der Waals surface area contributed by atoms with E-state index in [1.165, 1.54) is 11.3 Å². The van der Waals surface area contributed by atoms with Crippen molar-refractivity contribution in [3.63, 3.8) is 0 Å². The van der Waals surface area contributed by atoms with Crippen molar-refractivity contribution in [3.8, 4) is 22.7 Å². The SMILES string of the molecule is COc1ccccc1-n1nc(C2CC(C)(C)OC(C)(C)C2)cc1-c1csc(Cl)c1. The summed E-state index contributed by atoms with van der Waals surface area (Å²) in [6.07, 6.45) is 1.87. The second kappa shape index (κ2) is 7.46. The molecule has 29 heavy (non-hydrogen) atoms. The van der Waals surface area contributed by atoms with Gasteiger partial charge in [0.15, 0.2) is 0 Å². The molecule has 0 saturated carbocycles. The maximum atomic E-state index is 6.29. The Bertz CT molecular complexity index is 1010. The smallest absolute Gasteiger partial charge is 0.144 e. The number of hydrogen-bond acceptors (Lipinski definition) is 4. The highest BCUT2D eigenvalue weighted by atomic mass is 35.5. The molecule has 0 N–H and O–H groups in total. The fourth-order valence-electron chi connectivity index (χ4n) is 4.54. The van der Waals surface area contributed by atoms with E-state index >= 15 is 0 Å². The van der Waals surface area contributed by atoms with Crippen molar-refractivity contribution in [1.82, 2.24) is 9.78 Å². The highest BCUT2D eigenvalue weighted by Gasteiger charge is 2.41. The zero-order valence-corrected chi connectivity index (χ0v) is 19.1. The molecular weight excluding hydrogens is 404 g/mol. The van der Waals surface area contributed by atoms with Crippen LogP contribution >= 0.6 is 22.9 Å². The lowest BCUT2D eigenvalue weighted by molar-refractivity contribution is -0.162. The molecule has 1 saturated heterocycles. The summed E-state index contributed by atoms with van der Waals surface area (Å²) in [5.41, 5.74) is 3.71. The van der Waals surface area contributed by atoms with E-state index in [0.29, 0.717) is 5.92 Å². The number of thiophene rings is 1. The molecule has 1 aromatic carbocycles. The van der Waals surface area contributed by atoms with Crippen LogP contribution in [0.5, 0.6) is 5.75 Å². The van der Waals surface area contributed by atoms with E-state index < -0.39 is 0 Å². The minimum Gasteiger partial charge on any atom is -0.494 e. The maximum Gasteiger partial charge on any atom is 0.144 e. The first-order chi connectivity index (χ1) is 13.7. The molecule has 2 aromatic heterocycles. The van der Waals surface area contributed by atoms with Gasteiger partial charge in [0.25, 0.3) is 0 Å². The Morgan fingerprint density at radius 3 is 2.45 bits per heavy atom. The van der Waals surface area contributed by atoms with Gasteiger partial charge < -0.3 is 9.47 Å². The van der Waals surface area contributed by atoms with Gasteiger partial charge in [0.2, 0.25) is 0 Å². The van der Waals surface area contributed by atoms with Crippen LogP contribution in [0.2, 0.25) is 4.34 Å². The predicted molar refractivity (Wildman–Crippen MR) is 120 cm³/mol. The largest absolute Gasteiger partial charge is 0.494 e. The van der Waals surface area contributed by atoms with Crippen molar-refractivity contribution in [2.45, 2.75) is 57.7 Å². The Balaban J connectivity index is 1.84. The normalized spacial score (nSPS) is 18.7. The Hall–Kier alpha value is -1.82. The Morgan fingerprint density at radius 2 is 1.83 bits per heavy atom. The summed E-state index contributed by atoms with van der Waals surface area (Å²) < 4.78 is 14.7. The second-order valence-electron chi connectivity index (χ2n) is 8.90. The van der Waals surface area contributed by atoms with Gasteiger partial charge in [-0.1, -0.05) is 23.7 Å². The van der Waals surface area contributed by atoms with Gasteiger partial charge in [-0.05, 0) is 64.8 Å². The van der Waals surface area contributed by atoms with E-state index in [4.69, 9.17) is 26.2 Å². The quantitative estimate of drug-likeness (QED) is 0.461. The van der Waals surface area contributed by atoms with Gasteiger partial charge in [0.05, 0.1) is 34.0 Å². The number of hydrogen-bond donors (Lipinski definition) is 0. The van der Waals surface area contributed by atoms with Crippen molar-refractivity contribution in [2.75, 3.05) is 7.11 Å². The van der Waals surface area contributed by atoms with Crippen LogP contribution < -0.4 is 4.74 Å². The van der Waals surface area contributed by atoms with Crippen LogP contribution in [0.4, 0.5) is 0 Å². The average Bonchev–Trinajstić information content (AvgIpc) is 3.25. The summed E-state index contributed by atoms with van der Waals surface area (Å²) in [5.74, 6) is 1.11. The monoisotopic (exact) mass is 430 g/mol. The maximum absolute atomic E-state index is 6.29. The zero-order valence-electron chi connectivity index (χ0n) is 17.5. The summed E-state index contributed by atoms with van der Waals surface area (Å²) in [7, 11) is 1.69. The molecule has 1 fully saturated rings. The molecule has 1 aliphatic rings. The van der Waals surface area contributed by atoms with Crippen LogP contribution in [0.25, 0.3) is 16.9 Å². The number of ether oxygens (including phenoxy) is 2. The van der Waals surface area contributed by atoms with Gasteiger partial charge in [-0.2, -0.15) is 5.10 Å². The molecule has 6 heteroatoms. The third kappa shape index (κ3) is 4.23. The summed E-state index contributed by atoms with van der Waals surface area (Å²) in [6.45, 7) is 8.66. The summed E-state index contributed by atoms with van der Waals surface area (Å²) >= 11 is 7.78. The molecule has 3 aromatic rings. The third-order valence-corrected chi connectivity index (χ3v) is 6.44. The molecule has 0 spiro atoms. The van der Waals surface area contributed by atoms with E-state index in [0.717, 1.165) is 45.6 Å². The first-order valence-electron chi connectivity index (χ1n) is 9.85. The van der Waals surface area contributed by atoms with Crippen LogP contribution in [0.15, 0.2) is 41.8 Å². The standard InChI is InChI=1S/C23H27ClN2O2S/c1-22(2)12-16(13-23(3,4)28-22)17-11-19(15-10-21(24)29-14-15)26(25-17)18-8-6-7-9-20(18)27-5/h6-11,14,16H,12-13H2,1-5H3. The first-order valence-corrected chi connectivity index (χ1v) is 11.1. The number of aromatic nitrogens is 2. The van der Waals surface area contributed by atoms with E-state index in [-0.39, 0.29) is 11.2 Å². The molecule has 4 rings (SSSR count). The number of methoxy groups -OCH3 is 1. The van der Waals surface area contributed by atoms with Crippen LogP contribution in [-0.4, -0.2) is 28.1 Å². The lowest BCUT2D eigenvalue weighted by Gasteiger charge is -2.45. The van der Waals surface area contributed by atoms with Gasteiger partial charge in [0.1, 0.15) is 11.4 Å². The molecule has 0 bridgehead atoms. The Labute approximate surface area is 181 Å². The van der Waals surface area contributed by atoms with Gasteiger partial charge >= 0.3 is 0 Å². The third-order valence-electron chi connectivity index (χ3n) is 5.35. The zero-order chi connectivity index (χ0) is 20.8. The predicted octanol–water partition coefficient (Wildman–Crippen LogP) is 6.71. The van der Waals surface area contributed by atoms with Crippen molar-refractivity contribution in [1.29, 1.82) is 0 Å². The molecule has 1 aliphatic heterocycles. The highest BCUT2D eigenvalue weighted by molar-refractivity contribution is 7.14. The van der Waals surface area contributed by atoms with E-state index in [2.05, 4.69) is 39.1 Å². The number of rotatable bonds is 4. The Morgan fingerprint density at radius 1 is 1.14 bits per heavy atom. The van der Waals surface area contributed by atoms with E-state index in [1.54, 1.807) is 7.11 Å². The number of benzene rings is 1. The molecule has 0 unspecified atom stereocenters. The van der Waals surface area contributed by atoms with Gasteiger partial charge in [-0.3, -0.25) is 0 Å². The fourth-order valence-corrected chi connectivity index (χ4v) is 5.41. The van der Waals surface area contributed by atoms with Gasteiger partial charge in [-0.25, -0.2) is 4.68 Å². The van der Waals surface area contributed by atoms with Crippen LogP contribution in [-0.2, 0) is 4.74 Å². The summed E-state index contributed by atoms with van der Waals surface area (Å²) in [5, 5.41) is 7.15. The second-order valence-corrected chi connectivity index (χ2v) is 10.4. The molecule has 154 valence electrons.